The van der Waals surface area contributed by atoms with Gasteiger partial charge < -0.3 is 4.90 Å². The van der Waals surface area contributed by atoms with Crippen LogP contribution >= 0.6 is 0 Å². The van der Waals surface area contributed by atoms with Crippen molar-refractivity contribution in [1.29, 1.82) is 0 Å². The quantitative estimate of drug-likeness (QED) is 0.294. The lowest BCUT2D eigenvalue weighted by atomic mass is 9.98. The van der Waals surface area contributed by atoms with E-state index in [1.54, 1.807) is 0 Å². The zero-order valence-corrected chi connectivity index (χ0v) is 17.9. The van der Waals surface area contributed by atoms with Crippen LogP contribution in [0.3, 0.4) is 0 Å². The Morgan fingerprint density at radius 1 is 0.516 bits per heavy atom. The van der Waals surface area contributed by atoms with Crippen LogP contribution in [0.4, 0.5) is 11.4 Å². The Hall–Kier alpha value is -3.84. The van der Waals surface area contributed by atoms with E-state index in [1.165, 1.54) is 50.0 Å². The molecule has 0 aliphatic heterocycles. The van der Waals surface area contributed by atoms with Gasteiger partial charge >= 0.3 is 0 Å². The second kappa shape index (κ2) is 8.12. The number of para-hydroxylation sites is 1. The fraction of sp³-hybridized carbons (Fsp3) is 0.0667. The first-order chi connectivity index (χ1) is 15.2. The smallest absolute Gasteiger partial charge is 0.0487 e. The lowest BCUT2D eigenvalue weighted by Crippen LogP contribution is -2.10. The fourth-order valence-electron chi connectivity index (χ4n) is 4.25. The molecule has 5 aromatic rings. The maximum Gasteiger partial charge on any atom is 0.0487 e. The highest BCUT2D eigenvalue weighted by Crippen LogP contribution is 2.36. The van der Waals surface area contributed by atoms with Crippen LogP contribution in [0.5, 0.6) is 0 Å². The van der Waals surface area contributed by atoms with Crippen LogP contribution in [0, 0.1) is 6.92 Å². The minimum Gasteiger partial charge on any atom is -0.344 e. The van der Waals surface area contributed by atoms with Crippen LogP contribution in [0.15, 0.2) is 115 Å². The lowest BCUT2D eigenvalue weighted by molar-refractivity contribution is 1.21. The molecule has 0 heterocycles. The van der Waals surface area contributed by atoms with Crippen molar-refractivity contribution in [3.05, 3.63) is 121 Å². The summed E-state index contributed by atoms with van der Waals surface area (Å²) in [5, 5.41) is 2.55. The largest absolute Gasteiger partial charge is 0.344 e. The predicted molar refractivity (Wildman–Crippen MR) is 134 cm³/mol. The molecule has 0 saturated carbocycles. The maximum absolute atomic E-state index is 2.27. The first kappa shape index (κ1) is 19.1. The summed E-state index contributed by atoms with van der Waals surface area (Å²) in [7, 11) is 2.14. The zero-order chi connectivity index (χ0) is 21.2. The fourth-order valence-corrected chi connectivity index (χ4v) is 4.25. The molecule has 150 valence electrons. The molecule has 5 aromatic carbocycles. The van der Waals surface area contributed by atoms with Crippen molar-refractivity contribution >= 4 is 22.1 Å². The Morgan fingerprint density at radius 3 is 1.90 bits per heavy atom. The molecular weight excluding hydrogens is 374 g/mol. The van der Waals surface area contributed by atoms with Crippen molar-refractivity contribution in [1.82, 2.24) is 0 Å². The number of rotatable bonds is 4. The van der Waals surface area contributed by atoms with Gasteiger partial charge in [-0.25, -0.2) is 0 Å². The molecule has 1 heteroatoms. The van der Waals surface area contributed by atoms with E-state index in [0.717, 1.165) is 0 Å². The average Bonchev–Trinajstić information content (AvgIpc) is 2.84. The Kier molecular flexibility index (Phi) is 5.01. The Labute approximate surface area is 184 Å². The van der Waals surface area contributed by atoms with Gasteiger partial charge in [0.15, 0.2) is 0 Å². The molecule has 1 nitrogen and oxygen atoms in total. The summed E-state index contributed by atoms with van der Waals surface area (Å²) in [6, 6.07) is 41.2. The highest BCUT2D eigenvalue weighted by atomic mass is 15.1. The molecule has 0 aliphatic rings. The molecular formula is C30H25N. The summed E-state index contributed by atoms with van der Waals surface area (Å²) in [4.78, 5) is 2.27. The van der Waals surface area contributed by atoms with Crippen molar-refractivity contribution in [3.63, 3.8) is 0 Å². The first-order valence-corrected chi connectivity index (χ1v) is 10.7. The topological polar surface area (TPSA) is 3.24 Å². The van der Waals surface area contributed by atoms with E-state index in [4.69, 9.17) is 0 Å². The molecule has 0 unspecified atom stereocenters. The SMILES string of the molecule is Cc1ccccc1-c1ccccc1N(C)c1ccc(-c2ccc3ccccc3c2)cc1. The summed E-state index contributed by atoms with van der Waals surface area (Å²) in [6.45, 7) is 2.17. The second-order valence-corrected chi connectivity index (χ2v) is 8.00. The van der Waals surface area contributed by atoms with E-state index in [9.17, 15) is 0 Å². The Balaban J connectivity index is 1.48. The van der Waals surface area contributed by atoms with Gasteiger partial charge in [-0.15, -0.1) is 0 Å². The van der Waals surface area contributed by atoms with E-state index < -0.39 is 0 Å². The molecule has 0 N–H and O–H groups in total. The number of anilines is 2. The number of aryl methyl sites for hydroxylation is 1. The minimum atomic E-state index is 1.17. The lowest BCUT2D eigenvalue weighted by Gasteiger charge is -2.24. The Morgan fingerprint density at radius 2 is 1.13 bits per heavy atom. The van der Waals surface area contributed by atoms with Crippen molar-refractivity contribution in [2.75, 3.05) is 11.9 Å². The van der Waals surface area contributed by atoms with Gasteiger partial charge in [-0.3, -0.25) is 0 Å². The highest BCUT2D eigenvalue weighted by molar-refractivity contribution is 5.88. The molecule has 0 saturated heterocycles. The van der Waals surface area contributed by atoms with Gasteiger partial charge in [-0.1, -0.05) is 91.0 Å². The van der Waals surface area contributed by atoms with Crippen molar-refractivity contribution in [2.45, 2.75) is 6.92 Å². The van der Waals surface area contributed by atoms with E-state index >= 15 is 0 Å². The molecule has 0 bridgehead atoms. The summed E-state index contributed by atoms with van der Waals surface area (Å²) >= 11 is 0. The van der Waals surface area contributed by atoms with Crippen molar-refractivity contribution in [2.24, 2.45) is 0 Å². The summed E-state index contributed by atoms with van der Waals surface area (Å²) in [6.07, 6.45) is 0. The van der Waals surface area contributed by atoms with Crippen LogP contribution in [-0.4, -0.2) is 7.05 Å². The van der Waals surface area contributed by atoms with Crippen LogP contribution in [0.25, 0.3) is 33.0 Å². The van der Waals surface area contributed by atoms with Gasteiger partial charge in [0, 0.05) is 24.0 Å². The van der Waals surface area contributed by atoms with Gasteiger partial charge in [0.2, 0.25) is 0 Å². The molecule has 0 amide bonds. The summed E-state index contributed by atoms with van der Waals surface area (Å²) in [5.74, 6) is 0. The predicted octanol–water partition coefficient (Wildman–Crippen LogP) is 8.25. The normalized spacial score (nSPS) is 10.9. The maximum atomic E-state index is 2.27. The minimum absolute atomic E-state index is 1.17. The molecule has 0 atom stereocenters. The van der Waals surface area contributed by atoms with Crippen molar-refractivity contribution < 1.29 is 0 Å². The number of hydrogen-bond donors (Lipinski definition) is 0. The van der Waals surface area contributed by atoms with Crippen LogP contribution in [0.2, 0.25) is 0 Å². The zero-order valence-electron chi connectivity index (χ0n) is 17.9. The van der Waals surface area contributed by atoms with Crippen LogP contribution in [-0.2, 0) is 0 Å². The first-order valence-electron chi connectivity index (χ1n) is 10.7. The van der Waals surface area contributed by atoms with Crippen LogP contribution in [0.1, 0.15) is 5.56 Å². The third kappa shape index (κ3) is 3.71. The molecule has 0 fully saturated rings. The third-order valence-corrected chi connectivity index (χ3v) is 6.04. The molecule has 0 aliphatic carbocycles. The molecule has 0 aromatic heterocycles. The van der Waals surface area contributed by atoms with Gasteiger partial charge in [0.25, 0.3) is 0 Å². The van der Waals surface area contributed by atoms with Gasteiger partial charge in [-0.05, 0) is 64.2 Å². The van der Waals surface area contributed by atoms with Gasteiger partial charge in [0.1, 0.15) is 0 Å². The average molecular weight is 400 g/mol. The summed E-state index contributed by atoms with van der Waals surface area (Å²) in [5.41, 5.74) is 8.67. The van der Waals surface area contributed by atoms with Crippen molar-refractivity contribution in [3.8, 4) is 22.3 Å². The number of fused-ring (bicyclic) bond motifs is 1. The van der Waals surface area contributed by atoms with Gasteiger partial charge in [0.05, 0.1) is 0 Å². The molecule has 31 heavy (non-hydrogen) atoms. The summed E-state index contributed by atoms with van der Waals surface area (Å²) < 4.78 is 0. The molecule has 0 spiro atoms. The second-order valence-electron chi connectivity index (χ2n) is 8.00. The number of nitrogens with zero attached hydrogens (tertiary/aromatic N) is 1. The van der Waals surface area contributed by atoms with E-state index in [-0.39, 0.29) is 0 Å². The van der Waals surface area contributed by atoms with E-state index in [0.29, 0.717) is 0 Å². The molecule has 5 rings (SSSR count). The number of hydrogen-bond acceptors (Lipinski definition) is 1. The highest BCUT2D eigenvalue weighted by Gasteiger charge is 2.12. The van der Waals surface area contributed by atoms with Gasteiger partial charge in [-0.2, -0.15) is 0 Å². The van der Waals surface area contributed by atoms with E-state index in [2.05, 4.69) is 134 Å². The van der Waals surface area contributed by atoms with Crippen LogP contribution < -0.4 is 4.90 Å². The molecule has 0 radical (unpaired) electrons. The van der Waals surface area contributed by atoms with E-state index in [1.807, 2.05) is 0 Å². The third-order valence-electron chi connectivity index (χ3n) is 6.04. The standard InChI is InChI=1S/C30H25N/c1-22-9-3-6-12-28(22)29-13-7-8-14-30(29)31(2)27-19-17-24(18-20-27)26-16-15-23-10-4-5-11-25(23)21-26/h3-21H,1-2H3. The monoisotopic (exact) mass is 399 g/mol. The Bertz CT molecular complexity index is 1350. The number of benzene rings is 5.